The maximum absolute atomic E-state index is 6.11. The van der Waals surface area contributed by atoms with Gasteiger partial charge in [0.05, 0.1) is 18.1 Å². The second-order valence-corrected chi connectivity index (χ2v) is 5.89. The van der Waals surface area contributed by atoms with Crippen molar-refractivity contribution in [3.05, 3.63) is 28.8 Å². The molecule has 0 aliphatic carbocycles. The molecule has 0 aromatic heterocycles. The molecule has 2 nitrogen and oxygen atoms in total. The largest absolute Gasteiger partial charge is 0.486 e. The summed E-state index contributed by atoms with van der Waals surface area (Å²) in [5.41, 5.74) is 1.19. The fourth-order valence-electron chi connectivity index (χ4n) is 2.65. The van der Waals surface area contributed by atoms with E-state index >= 15 is 0 Å². The van der Waals surface area contributed by atoms with Gasteiger partial charge in [0.2, 0.25) is 0 Å². The summed E-state index contributed by atoms with van der Waals surface area (Å²) in [6, 6.07) is 5.92. The van der Waals surface area contributed by atoms with Gasteiger partial charge in [-0.3, -0.25) is 0 Å². The lowest BCUT2D eigenvalue weighted by Gasteiger charge is -2.27. The first-order valence-electron chi connectivity index (χ1n) is 6.87. The molecule has 2 rings (SSSR count). The summed E-state index contributed by atoms with van der Waals surface area (Å²) < 4.78 is 5.80. The molecule has 1 N–H and O–H groups in total. The molecule has 1 unspecified atom stereocenters. The number of ether oxygens (including phenoxy) is 1. The van der Waals surface area contributed by atoms with Gasteiger partial charge in [-0.05, 0) is 37.5 Å². The highest BCUT2D eigenvalue weighted by Gasteiger charge is 2.19. The molecule has 1 aliphatic heterocycles. The molecule has 0 spiro atoms. The van der Waals surface area contributed by atoms with Crippen molar-refractivity contribution in [1.29, 1.82) is 0 Å². The molecule has 1 heterocycles. The summed E-state index contributed by atoms with van der Waals surface area (Å²) >= 11 is 6.11. The number of benzene rings is 1. The number of quaternary nitrogens is 1. The monoisotopic (exact) mass is 268 g/mol. The predicted octanol–water partition coefficient (Wildman–Crippen LogP) is 2.34. The van der Waals surface area contributed by atoms with Crippen LogP contribution in [0, 0.1) is 12.8 Å². The predicted molar refractivity (Wildman–Crippen MR) is 75.6 cm³/mol. The van der Waals surface area contributed by atoms with Crippen molar-refractivity contribution in [3.8, 4) is 5.75 Å². The summed E-state index contributed by atoms with van der Waals surface area (Å²) in [5.74, 6) is 1.68. The van der Waals surface area contributed by atoms with Crippen LogP contribution in [0.1, 0.15) is 25.3 Å². The summed E-state index contributed by atoms with van der Waals surface area (Å²) in [7, 11) is 0. The van der Waals surface area contributed by atoms with Gasteiger partial charge in [-0.1, -0.05) is 24.6 Å². The molecule has 1 aliphatic rings. The zero-order chi connectivity index (χ0) is 13.0. The topological polar surface area (TPSA) is 13.7 Å². The Morgan fingerprint density at radius 3 is 3.06 bits per heavy atom. The van der Waals surface area contributed by atoms with E-state index in [1.807, 2.05) is 18.2 Å². The van der Waals surface area contributed by atoms with E-state index in [1.54, 1.807) is 4.90 Å². The lowest BCUT2D eigenvalue weighted by atomic mass is 10.0. The number of rotatable bonds is 4. The average molecular weight is 269 g/mol. The summed E-state index contributed by atoms with van der Waals surface area (Å²) in [6.45, 7) is 8.80. The minimum Gasteiger partial charge on any atom is -0.486 e. The van der Waals surface area contributed by atoms with E-state index in [-0.39, 0.29) is 0 Å². The van der Waals surface area contributed by atoms with E-state index in [9.17, 15) is 0 Å². The molecule has 1 aromatic carbocycles. The molecule has 0 radical (unpaired) electrons. The number of nitrogens with one attached hydrogen (secondary N) is 1. The van der Waals surface area contributed by atoms with E-state index in [1.165, 1.54) is 31.5 Å². The van der Waals surface area contributed by atoms with Gasteiger partial charge in [-0.25, -0.2) is 0 Å². The summed E-state index contributed by atoms with van der Waals surface area (Å²) in [6.07, 6.45) is 2.73. The lowest BCUT2D eigenvalue weighted by Crippen LogP contribution is -3.14. The normalized spacial score (nSPS) is 23.9. The number of hydrogen-bond acceptors (Lipinski definition) is 1. The number of likely N-dealkylation sites (tertiary alicyclic amines) is 1. The number of halogens is 1. The third kappa shape index (κ3) is 3.89. The molecule has 0 amide bonds. The van der Waals surface area contributed by atoms with Crippen LogP contribution >= 0.6 is 11.6 Å². The summed E-state index contributed by atoms with van der Waals surface area (Å²) in [4.78, 5) is 1.66. The van der Waals surface area contributed by atoms with Crippen molar-refractivity contribution in [2.75, 3.05) is 26.2 Å². The molecule has 18 heavy (non-hydrogen) atoms. The van der Waals surface area contributed by atoms with E-state index < -0.39 is 0 Å². The van der Waals surface area contributed by atoms with Crippen LogP contribution in [0.15, 0.2) is 18.2 Å². The van der Waals surface area contributed by atoms with E-state index in [0.29, 0.717) is 5.02 Å². The highest BCUT2D eigenvalue weighted by molar-refractivity contribution is 6.32. The standard InChI is InChI=1S/C15H22ClNO/c1-12-5-6-14(16)15(10-12)18-9-8-17-7-3-4-13(2)11-17/h5-6,10,13H,3-4,7-9,11H2,1-2H3/p+1/t13-/m0/s1. The molecule has 0 saturated carbocycles. The molecule has 1 fully saturated rings. The minimum absolute atomic E-state index is 0.711. The number of piperidine rings is 1. The third-order valence-corrected chi connectivity index (χ3v) is 3.98. The van der Waals surface area contributed by atoms with E-state index in [4.69, 9.17) is 16.3 Å². The molecule has 3 heteroatoms. The van der Waals surface area contributed by atoms with Gasteiger partial charge < -0.3 is 9.64 Å². The van der Waals surface area contributed by atoms with Gasteiger partial charge in [0.15, 0.2) is 0 Å². The second kappa shape index (κ2) is 6.44. The van der Waals surface area contributed by atoms with E-state index in [2.05, 4.69) is 13.8 Å². The Morgan fingerprint density at radius 2 is 2.28 bits per heavy atom. The molecular formula is C15H23ClNO+. The smallest absolute Gasteiger partial charge is 0.138 e. The van der Waals surface area contributed by atoms with Crippen LogP contribution in [-0.2, 0) is 0 Å². The minimum atomic E-state index is 0.711. The Hall–Kier alpha value is -0.730. The quantitative estimate of drug-likeness (QED) is 0.885. The SMILES string of the molecule is Cc1ccc(Cl)c(OCC[NH+]2CCC[C@H](C)C2)c1. The van der Waals surface area contributed by atoms with Crippen LogP contribution in [0.25, 0.3) is 0 Å². The molecule has 100 valence electrons. The Labute approximate surface area is 115 Å². The Balaban J connectivity index is 1.79. The molecule has 1 aromatic rings. The van der Waals surface area contributed by atoms with Crippen LogP contribution in [0.2, 0.25) is 5.02 Å². The molecule has 0 bridgehead atoms. The maximum atomic E-state index is 6.11. The van der Waals surface area contributed by atoms with Crippen molar-refractivity contribution < 1.29 is 9.64 Å². The van der Waals surface area contributed by atoms with Crippen molar-refractivity contribution in [2.45, 2.75) is 26.7 Å². The molecule has 1 saturated heterocycles. The number of hydrogen-bond donors (Lipinski definition) is 1. The van der Waals surface area contributed by atoms with E-state index in [0.717, 1.165) is 24.8 Å². The van der Waals surface area contributed by atoms with Crippen LogP contribution < -0.4 is 9.64 Å². The highest BCUT2D eigenvalue weighted by atomic mass is 35.5. The highest BCUT2D eigenvalue weighted by Crippen LogP contribution is 2.24. The van der Waals surface area contributed by atoms with Crippen LogP contribution in [0.4, 0.5) is 0 Å². The Morgan fingerprint density at radius 1 is 1.44 bits per heavy atom. The average Bonchev–Trinajstić information content (AvgIpc) is 2.34. The second-order valence-electron chi connectivity index (χ2n) is 5.48. The molecular weight excluding hydrogens is 246 g/mol. The summed E-state index contributed by atoms with van der Waals surface area (Å²) in [5, 5.41) is 0.711. The molecule has 2 atom stereocenters. The fraction of sp³-hybridized carbons (Fsp3) is 0.600. The third-order valence-electron chi connectivity index (χ3n) is 3.66. The van der Waals surface area contributed by atoms with Gasteiger partial charge in [-0.2, -0.15) is 0 Å². The van der Waals surface area contributed by atoms with Crippen molar-refractivity contribution in [3.63, 3.8) is 0 Å². The van der Waals surface area contributed by atoms with Crippen LogP contribution in [0.5, 0.6) is 5.75 Å². The van der Waals surface area contributed by atoms with Crippen molar-refractivity contribution in [2.24, 2.45) is 5.92 Å². The van der Waals surface area contributed by atoms with Crippen LogP contribution in [0.3, 0.4) is 0 Å². The zero-order valence-electron chi connectivity index (χ0n) is 11.3. The Kier molecular flexibility index (Phi) is 4.90. The first-order chi connectivity index (χ1) is 8.65. The van der Waals surface area contributed by atoms with Gasteiger partial charge in [-0.15, -0.1) is 0 Å². The first kappa shape index (κ1) is 13.7. The van der Waals surface area contributed by atoms with Crippen molar-refractivity contribution >= 4 is 11.6 Å². The lowest BCUT2D eigenvalue weighted by molar-refractivity contribution is -0.908. The van der Waals surface area contributed by atoms with Gasteiger partial charge in [0.1, 0.15) is 18.9 Å². The van der Waals surface area contributed by atoms with Crippen molar-refractivity contribution in [1.82, 2.24) is 0 Å². The number of aryl methyl sites for hydroxylation is 1. The van der Waals surface area contributed by atoms with Gasteiger partial charge in [0.25, 0.3) is 0 Å². The first-order valence-corrected chi connectivity index (χ1v) is 7.25. The maximum Gasteiger partial charge on any atom is 0.138 e. The Bertz CT molecular complexity index is 394. The van der Waals surface area contributed by atoms with Gasteiger partial charge in [0, 0.05) is 5.92 Å². The fourth-order valence-corrected chi connectivity index (χ4v) is 2.82. The van der Waals surface area contributed by atoms with Crippen LogP contribution in [-0.4, -0.2) is 26.2 Å². The zero-order valence-corrected chi connectivity index (χ0v) is 12.1. The van der Waals surface area contributed by atoms with Gasteiger partial charge >= 0.3 is 0 Å².